The molecule has 0 saturated heterocycles. The van der Waals surface area contributed by atoms with Crippen LogP contribution in [0.15, 0.2) is 48.5 Å². The average Bonchev–Trinajstić information content (AvgIpc) is 2.76. The lowest BCUT2D eigenvalue weighted by atomic mass is 10.0. The number of esters is 2. The molecular formula is C24H27NO6. The van der Waals surface area contributed by atoms with E-state index < -0.39 is 18.0 Å². The molecule has 0 heterocycles. The van der Waals surface area contributed by atoms with Gasteiger partial charge in [-0.05, 0) is 48.7 Å². The molecule has 7 nitrogen and oxygen atoms in total. The molecule has 7 heteroatoms. The summed E-state index contributed by atoms with van der Waals surface area (Å²) in [7, 11) is 2.73. The average molecular weight is 425 g/mol. The number of carbonyl (C=O) groups excluding carboxylic acids is 3. The fraction of sp³-hybridized carbons (Fsp3) is 0.292. The maximum absolute atomic E-state index is 12.8. The third kappa shape index (κ3) is 6.70. The smallest absolute Gasteiger partial charge is 0.334 e. The highest BCUT2D eigenvalue weighted by atomic mass is 16.6. The van der Waals surface area contributed by atoms with Crippen LogP contribution in [0.2, 0.25) is 0 Å². The van der Waals surface area contributed by atoms with Gasteiger partial charge >= 0.3 is 11.9 Å². The predicted octanol–water partition coefficient (Wildman–Crippen LogP) is 3.55. The molecule has 0 aliphatic rings. The van der Waals surface area contributed by atoms with E-state index in [2.05, 4.69) is 10.1 Å². The third-order valence-corrected chi connectivity index (χ3v) is 4.53. The zero-order valence-corrected chi connectivity index (χ0v) is 18.3. The first-order chi connectivity index (χ1) is 14.7. The summed E-state index contributed by atoms with van der Waals surface area (Å²) in [5.74, 6) is -1.13. The first kappa shape index (κ1) is 23.7. The predicted molar refractivity (Wildman–Crippen MR) is 117 cm³/mol. The van der Waals surface area contributed by atoms with Crippen LogP contribution in [-0.4, -0.2) is 38.1 Å². The van der Waals surface area contributed by atoms with Crippen molar-refractivity contribution in [3.8, 4) is 11.5 Å². The number of carbonyl (C=O) groups is 3. The Labute approximate surface area is 182 Å². The first-order valence-corrected chi connectivity index (χ1v) is 9.78. The topological polar surface area (TPSA) is 90.9 Å². The minimum absolute atomic E-state index is 0.199. The summed E-state index contributed by atoms with van der Waals surface area (Å²) >= 11 is 0. The number of methoxy groups -OCH3 is 2. The molecule has 0 aliphatic heterocycles. The van der Waals surface area contributed by atoms with Crippen molar-refractivity contribution in [3.05, 3.63) is 65.2 Å². The largest absolute Gasteiger partial charge is 0.493 e. The minimum atomic E-state index is -0.850. The molecule has 164 valence electrons. The molecule has 1 N–H and O–H groups in total. The number of rotatable bonds is 8. The number of amides is 1. The number of benzene rings is 2. The van der Waals surface area contributed by atoms with Gasteiger partial charge in [0.1, 0.15) is 6.04 Å². The molecule has 0 radical (unpaired) electrons. The van der Waals surface area contributed by atoms with Gasteiger partial charge in [-0.3, -0.25) is 4.79 Å². The molecule has 0 bridgehead atoms. The van der Waals surface area contributed by atoms with Gasteiger partial charge in [0.05, 0.1) is 14.2 Å². The second kappa shape index (κ2) is 11.0. The molecule has 1 unspecified atom stereocenters. The van der Waals surface area contributed by atoms with Gasteiger partial charge < -0.3 is 19.5 Å². The van der Waals surface area contributed by atoms with Gasteiger partial charge in [-0.1, -0.05) is 37.6 Å². The first-order valence-electron chi connectivity index (χ1n) is 9.78. The van der Waals surface area contributed by atoms with E-state index >= 15 is 0 Å². The van der Waals surface area contributed by atoms with Gasteiger partial charge in [-0.15, -0.1) is 0 Å². The number of aryl methyl sites for hydroxylation is 1. The minimum Gasteiger partial charge on any atom is -0.493 e. The Morgan fingerprint density at radius 3 is 2.23 bits per heavy atom. The molecule has 0 saturated carbocycles. The van der Waals surface area contributed by atoms with Crippen molar-refractivity contribution in [2.75, 3.05) is 14.2 Å². The van der Waals surface area contributed by atoms with Crippen LogP contribution in [0.3, 0.4) is 0 Å². The highest BCUT2D eigenvalue weighted by Gasteiger charge is 2.27. The van der Waals surface area contributed by atoms with Crippen LogP contribution in [0.5, 0.6) is 11.5 Å². The quantitative estimate of drug-likeness (QED) is 0.395. The molecule has 2 aromatic carbocycles. The van der Waals surface area contributed by atoms with Crippen molar-refractivity contribution < 1.29 is 28.6 Å². The summed E-state index contributed by atoms with van der Waals surface area (Å²) in [6.07, 6.45) is 2.83. The van der Waals surface area contributed by atoms with Gasteiger partial charge in [-0.25, -0.2) is 9.59 Å². The standard InChI is InChI=1S/C24H27NO6/c1-15(2)22(25-23(27)18-10-6-16(3)7-11-18)24(28)31-19-12-8-17(14-20(19)29-4)9-13-21(26)30-5/h6-15,22H,1-5H3,(H,25,27)/b13-9+. The SMILES string of the molecule is COC(=O)/C=C/c1ccc(OC(=O)C(NC(=O)c2ccc(C)cc2)C(C)C)c(OC)c1. The Morgan fingerprint density at radius 1 is 0.968 bits per heavy atom. The lowest BCUT2D eigenvalue weighted by Crippen LogP contribution is -2.46. The molecule has 1 amide bonds. The maximum atomic E-state index is 12.8. The highest BCUT2D eigenvalue weighted by molar-refractivity contribution is 5.97. The molecule has 2 aromatic rings. The van der Waals surface area contributed by atoms with Crippen molar-refractivity contribution in [3.63, 3.8) is 0 Å². The number of hydrogen-bond acceptors (Lipinski definition) is 6. The molecule has 1 atom stereocenters. The summed E-state index contributed by atoms with van der Waals surface area (Å²) in [6, 6.07) is 11.1. The maximum Gasteiger partial charge on any atom is 0.334 e. The number of hydrogen-bond donors (Lipinski definition) is 1. The van der Waals surface area contributed by atoms with Gasteiger partial charge in [0.25, 0.3) is 5.91 Å². The van der Waals surface area contributed by atoms with E-state index in [0.29, 0.717) is 16.9 Å². The van der Waals surface area contributed by atoms with Crippen molar-refractivity contribution in [1.82, 2.24) is 5.32 Å². The van der Waals surface area contributed by atoms with Crippen LogP contribution >= 0.6 is 0 Å². The summed E-state index contributed by atoms with van der Waals surface area (Å²) < 4.78 is 15.4. The van der Waals surface area contributed by atoms with E-state index in [1.165, 1.54) is 20.3 Å². The second-order valence-electron chi connectivity index (χ2n) is 7.25. The van der Waals surface area contributed by atoms with E-state index in [1.807, 2.05) is 32.9 Å². The van der Waals surface area contributed by atoms with Crippen LogP contribution in [0.4, 0.5) is 0 Å². The van der Waals surface area contributed by atoms with Crippen LogP contribution in [-0.2, 0) is 14.3 Å². The van der Waals surface area contributed by atoms with Crippen LogP contribution in [0.1, 0.15) is 35.3 Å². The Morgan fingerprint density at radius 2 is 1.65 bits per heavy atom. The van der Waals surface area contributed by atoms with Crippen molar-refractivity contribution >= 4 is 23.9 Å². The van der Waals surface area contributed by atoms with Crippen molar-refractivity contribution in [2.45, 2.75) is 26.8 Å². The fourth-order valence-electron chi connectivity index (χ4n) is 2.70. The summed E-state index contributed by atoms with van der Waals surface area (Å²) in [5.41, 5.74) is 2.16. The highest BCUT2D eigenvalue weighted by Crippen LogP contribution is 2.29. The number of nitrogens with one attached hydrogen (secondary N) is 1. The van der Waals surface area contributed by atoms with E-state index in [0.717, 1.165) is 5.56 Å². The second-order valence-corrected chi connectivity index (χ2v) is 7.25. The zero-order valence-electron chi connectivity index (χ0n) is 18.3. The number of ether oxygens (including phenoxy) is 3. The molecule has 31 heavy (non-hydrogen) atoms. The summed E-state index contributed by atoms with van der Waals surface area (Å²) in [5, 5.41) is 2.74. The van der Waals surface area contributed by atoms with Gasteiger partial charge in [-0.2, -0.15) is 0 Å². The third-order valence-electron chi connectivity index (χ3n) is 4.53. The molecule has 0 aliphatic carbocycles. The normalized spacial score (nSPS) is 11.8. The van der Waals surface area contributed by atoms with Gasteiger partial charge in [0.2, 0.25) is 0 Å². The summed E-state index contributed by atoms with van der Waals surface area (Å²) in [6.45, 7) is 5.57. The van der Waals surface area contributed by atoms with Crippen LogP contribution in [0.25, 0.3) is 6.08 Å². The summed E-state index contributed by atoms with van der Waals surface area (Å²) in [4.78, 5) is 36.6. The van der Waals surface area contributed by atoms with E-state index in [-0.39, 0.29) is 17.6 Å². The van der Waals surface area contributed by atoms with Crippen molar-refractivity contribution in [2.24, 2.45) is 5.92 Å². The van der Waals surface area contributed by atoms with Crippen molar-refractivity contribution in [1.29, 1.82) is 0 Å². The Bertz CT molecular complexity index is 963. The van der Waals surface area contributed by atoms with E-state index in [4.69, 9.17) is 9.47 Å². The molecule has 2 rings (SSSR count). The van der Waals surface area contributed by atoms with E-state index in [9.17, 15) is 14.4 Å². The van der Waals surface area contributed by atoms with E-state index in [1.54, 1.807) is 36.4 Å². The molecular weight excluding hydrogens is 398 g/mol. The Kier molecular flexibility index (Phi) is 8.37. The molecule has 0 spiro atoms. The zero-order chi connectivity index (χ0) is 23.0. The molecule has 0 fully saturated rings. The monoisotopic (exact) mass is 425 g/mol. The lowest BCUT2D eigenvalue weighted by Gasteiger charge is -2.21. The fourth-order valence-corrected chi connectivity index (χ4v) is 2.70. The van der Waals surface area contributed by atoms with Gasteiger partial charge in [0, 0.05) is 11.6 Å². The van der Waals surface area contributed by atoms with Crippen LogP contribution in [0, 0.1) is 12.8 Å². The lowest BCUT2D eigenvalue weighted by molar-refractivity contribution is -0.138. The molecule has 0 aromatic heterocycles. The van der Waals surface area contributed by atoms with Gasteiger partial charge in [0.15, 0.2) is 11.5 Å². The Hall–Kier alpha value is -3.61. The Balaban J connectivity index is 2.16. The van der Waals surface area contributed by atoms with Crippen LogP contribution < -0.4 is 14.8 Å².